The van der Waals surface area contributed by atoms with Gasteiger partial charge in [0.2, 0.25) is 5.88 Å². The van der Waals surface area contributed by atoms with Crippen LogP contribution in [0.3, 0.4) is 0 Å². The summed E-state index contributed by atoms with van der Waals surface area (Å²) in [5.41, 5.74) is 1.44. The van der Waals surface area contributed by atoms with E-state index in [2.05, 4.69) is 4.98 Å². The smallest absolute Gasteiger partial charge is 0.410 e. The SMILES string of the molecule is CC(C)(C)OC(=O)N1CCC2(CC2)C(Oc2cncc(-c3nn([C@H]4CCCCO4)c4ccc(-c5c(F)cccc5F)cc34)n2)C1. The van der Waals surface area contributed by atoms with Crippen LogP contribution in [-0.4, -0.2) is 62.1 Å². The quantitative estimate of drug-likeness (QED) is 0.232. The van der Waals surface area contributed by atoms with Crippen molar-refractivity contribution in [2.45, 2.75) is 77.2 Å². The highest BCUT2D eigenvalue weighted by atomic mass is 19.1. The highest BCUT2D eigenvalue weighted by Crippen LogP contribution is 2.55. The molecule has 2 saturated heterocycles. The first-order valence-electron chi connectivity index (χ1n) is 15.7. The molecule has 1 saturated carbocycles. The highest BCUT2D eigenvalue weighted by Gasteiger charge is 2.54. The molecule has 4 aromatic rings. The number of benzene rings is 2. The first-order valence-corrected chi connectivity index (χ1v) is 15.7. The predicted molar refractivity (Wildman–Crippen MR) is 163 cm³/mol. The van der Waals surface area contributed by atoms with Gasteiger partial charge in [0.05, 0.1) is 30.0 Å². The fourth-order valence-electron chi connectivity index (χ4n) is 6.45. The van der Waals surface area contributed by atoms with Gasteiger partial charge in [-0.3, -0.25) is 4.98 Å². The van der Waals surface area contributed by atoms with Gasteiger partial charge in [-0.1, -0.05) is 12.1 Å². The summed E-state index contributed by atoms with van der Waals surface area (Å²) in [6, 6.07) is 9.11. The van der Waals surface area contributed by atoms with Crippen LogP contribution in [0.4, 0.5) is 13.6 Å². The van der Waals surface area contributed by atoms with Crippen LogP contribution in [-0.2, 0) is 9.47 Å². The average Bonchev–Trinajstić information content (AvgIpc) is 3.68. The molecule has 236 valence electrons. The number of likely N-dealkylation sites (tertiary alicyclic amines) is 1. The second-order valence-electron chi connectivity index (χ2n) is 13.3. The van der Waals surface area contributed by atoms with E-state index in [-0.39, 0.29) is 29.4 Å². The Balaban J connectivity index is 1.24. The third-order valence-corrected chi connectivity index (χ3v) is 9.00. The minimum Gasteiger partial charge on any atom is -0.471 e. The van der Waals surface area contributed by atoms with Crippen molar-refractivity contribution in [3.05, 3.63) is 60.4 Å². The molecule has 2 aliphatic heterocycles. The summed E-state index contributed by atoms with van der Waals surface area (Å²) in [6.45, 7) is 7.22. The van der Waals surface area contributed by atoms with Crippen molar-refractivity contribution < 1.29 is 27.8 Å². The minimum absolute atomic E-state index is 0.00151. The van der Waals surface area contributed by atoms with Crippen LogP contribution < -0.4 is 4.74 Å². The Morgan fingerprint density at radius 3 is 2.58 bits per heavy atom. The number of halogens is 2. The second kappa shape index (κ2) is 11.3. The monoisotopic (exact) mass is 617 g/mol. The molecule has 1 aliphatic carbocycles. The van der Waals surface area contributed by atoms with E-state index >= 15 is 0 Å². The summed E-state index contributed by atoms with van der Waals surface area (Å²) in [6.07, 6.45) is 7.96. The Kier molecular flexibility index (Phi) is 7.46. The Bertz CT molecular complexity index is 1720. The third-order valence-electron chi connectivity index (χ3n) is 9.00. The maximum atomic E-state index is 14.8. The van der Waals surface area contributed by atoms with Crippen molar-refractivity contribution in [3.8, 4) is 28.4 Å². The van der Waals surface area contributed by atoms with Gasteiger partial charge in [-0.2, -0.15) is 5.10 Å². The number of carbonyl (C=O) groups is 1. The fourth-order valence-corrected chi connectivity index (χ4v) is 6.45. The number of amides is 1. The Morgan fingerprint density at radius 1 is 1.07 bits per heavy atom. The summed E-state index contributed by atoms with van der Waals surface area (Å²) in [5, 5.41) is 5.61. The maximum Gasteiger partial charge on any atom is 0.410 e. The topological polar surface area (TPSA) is 91.6 Å². The molecule has 11 heteroatoms. The largest absolute Gasteiger partial charge is 0.471 e. The summed E-state index contributed by atoms with van der Waals surface area (Å²) < 4.78 is 49.6. The molecule has 3 aliphatic rings. The molecule has 4 heterocycles. The molecule has 2 atom stereocenters. The Labute approximate surface area is 260 Å². The lowest BCUT2D eigenvalue weighted by molar-refractivity contribution is -0.0365. The molecule has 3 fully saturated rings. The molecule has 45 heavy (non-hydrogen) atoms. The van der Waals surface area contributed by atoms with Gasteiger partial charge >= 0.3 is 6.09 Å². The van der Waals surface area contributed by atoms with E-state index in [4.69, 9.17) is 24.3 Å². The minimum atomic E-state index is -0.643. The van der Waals surface area contributed by atoms with Crippen LogP contribution >= 0.6 is 0 Å². The molecule has 0 bridgehead atoms. The first-order chi connectivity index (χ1) is 21.6. The molecule has 2 aromatic heterocycles. The number of aromatic nitrogens is 4. The van der Waals surface area contributed by atoms with Gasteiger partial charge in [-0.25, -0.2) is 23.2 Å². The number of carbonyl (C=O) groups excluding carboxylic acids is 1. The van der Waals surface area contributed by atoms with Gasteiger partial charge in [-0.15, -0.1) is 0 Å². The van der Waals surface area contributed by atoms with E-state index in [0.29, 0.717) is 47.9 Å². The average molecular weight is 618 g/mol. The lowest BCUT2D eigenvalue weighted by Gasteiger charge is -2.39. The van der Waals surface area contributed by atoms with Crippen LogP contribution in [0.15, 0.2) is 48.8 Å². The van der Waals surface area contributed by atoms with E-state index in [1.807, 2.05) is 31.5 Å². The van der Waals surface area contributed by atoms with E-state index in [0.717, 1.165) is 44.0 Å². The molecule has 2 aromatic carbocycles. The third kappa shape index (κ3) is 5.85. The number of nitrogens with zero attached hydrogens (tertiary/aromatic N) is 5. The van der Waals surface area contributed by atoms with Gasteiger partial charge in [0.25, 0.3) is 0 Å². The molecule has 0 radical (unpaired) electrons. The predicted octanol–water partition coefficient (Wildman–Crippen LogP) is 7.31. The van der Waals surface area contributed by atoms with E-state index < -0.39 is 17.2 Å². The lowest BCUT2D eigenvalue weighted by Crippen LogP contribution is -2.51. The lowest BCUT2D eigenvalue weighted by atomic mass is 9.90. The zero-order valence-corrected chi connectivity index (χ0v) is 25.8. The molecule has 1 amide bonds. The van der Waals surface area contributed by atoms with Crippen molar-refractivity contribution in [2.24, 2.45) is 5.41 Å². The van der Waals surface area contributed by atoms with Crippen LogP contribution in [0.25, 0.3) is 33.4 Å². The molecule has 0 N–H and O–H groups in total. The number of piperidine rings is 1. The maximum absolute atomic E-state index is 14.8. The van der Waals surface area contributed by atoms with Crippen molar-refractivity contribution >= 4 is 17.0 Å². The molecule has 9 nitrogen and oxygen atoms in total. The number of hydrogen-bond acceptors (Lipinski definition) is 7. The van der Waals surface area contributed by atoms with Crippen molar-refractivity contribution in [3.63, 3.8) is 0 Å². The van der Waals surface area contributed by atoms with Gasteiger partial charge in [0.1, 0.15) is 34.7 Å². The molecule has 1 unspecified atom stereocenters. The number of ether oxygens (including phenoxy) is 3. The van der Waals surface area contributed by atoms with Crippen LogP contribution in [0, 0.1) is 17.0 Å². The van der Waals surface area contributed by atoms with Crippen LogP contribution in [0.5, 0.6) is 5.88 Å². The summed E-state index contributed by atoms with van der Waals surface area (Å²) in [4.78, 5) is 23.8. The molecule has 7 rings (SSSR count). The van der Waals surface area contributed by atoms with Crippen LogP contribution in [0.2, 0.25) is 0 Å². The number of fused-ring (bicyclic) bond motifs is 1. The Morgan fingerprint density at radius 2 is 1.87 bits per heavy atom. The highest BCUT2D eigenvalue weighted by molar-refractivity contribution is 5.95. The summed E-state index contributed by atoms with van der Waals surface area (Å²) >= 11 is 0. The summed E-state index contributed by atoms with van der Waals surface area (Å²) in [5.74, 6) is -0.963. The first kappa shape index (κ1) is 29.6. The van der Waals surface area contributed by atoms with E-state index in [1.165, 1.54) is 18.2 Å². The standard InChI is InChI=1S/C34H37F2N5O4/c1-33(2,3)45-32(42)40-15-14-34(12-13-34)27(20-40)44-28-19-37-18-25(38-28)31-22-17-21(30-23(35)7-6-8-24(30)36)10-11-26(22)41(39-31)29-9-4-5-16-43-29/h6-8,10-11,17-19,27,29H,4-5,9,12-16,20H2,1-3H3/t27?,29-/m1/s1. The second-order valence-corrected chi connectivity index (χ2v) is 13.3. The van der Waals surface area contributed by atoms with Gasteiger partial charge in [0, 0.05) is 24.0 Å². The van der Waals surface area contributed by atoms with Gasteiger partial charge in [-0.05, 0) is 89.1 Å². The van der Waals surface area contributed by atoms with Crippen LogP contribution in [0.1, 0.15) is 65.5 Å². The normalized spacial score (nSPS) is 21.2. The van der Waals surface area contributed by atoms with E-state index in [1.54, 1.807) is 29.4 Å². The zero-order chi connectivity index (χ0) is 31.3. The van der Waals surface area contributed by atoms with E-state index in [9.17, 15) is 13.6 Å². The van der Waals surface area contributed by atoms with Gasteiger partial charge in [0.15, 0.2) is 6.23 Å². The number of rotatable bonds is 5. The number of hydrogen-bond donors (Lipinski definition) is 0. The molecular formula is C34H37F2N5O4. The van der Waals surface area contributed by atoms with Crippen molar-refractivity contribution in [1.82, 2.24) is 24.6 Å². The zero-order valence-electron chi connectivity index (χ0n) is 25.8. The fraction of sp³-hybridized carbons (Fsp3) is 0.471. The van der Waals surface area contributed by atoms with Crippen molar-refractivity contribution in [2.75, 3.05) is 19.7 Å². The Hall–Kier alpha value is -4.12. The molecular weight excluding hydrogens is 580 g/mol. The summed E-state index contributed by atoms with van der Waals surface area (Å²) in [7, 11) is 0. The molecule has 1 spiro atoms. The van der Waals surface area contributed by atoms with Gasteiger partial charge < -0.3 is 19.1 Å². The van der Waals surface area contributed by atoms with Crippen molar-refractivity contribution in [1.29, 1.82) is 0 Å².